The Morgan fingerprint density at radius 3 is 2.52 bits per heavy atom. The minimum Gasteiger partial charge on any atom is -0.481 e. The molecule has 4 heteroatoms. The zero-order valence-corrected chi connectivity index (χ0v) is 14.6. The van der Waals surface area contributed by atoms with Crippen LogP contribution in [0, 0.1) is 13.8 Å². The van der Waals surface area contributed by atoms with E-state index in [9.17, 15) is 4.79 Å². The van der Waals surface area contributed by atoms with Gasteiger partial charge in [0.1, 0.15) is 5.75 Å². The molecule has 0 aliphatic rings. The first-order valence-electron chi connectivity index (χ1n) is 7.66. The minimum atomic E-state index is -0.596. The van der Waals surface area contributed by atoms with E-state index in [1.807, 2.05) is 6.92 Å². The molecule has 2 aromatic rings. The van der Waals surface area contributed by atoms with Crippen LogP contribution in [-0.2, 0) is 4.79 Å². The number of rotatable bonds is 5. The standard InChI is InChI=1S/C19H22ClNO2/c1-12-8-9-18(13(2)10-12)14(3)21-19(22)15(4)23-17-7-5-6-16(20)11-17/h5-11,14-15H,1-4H3,(H,21,22)/t14-,15-/m1/s1. The van der Waals surface area contributed by atoms with Gasteiger partial charge < -0.3 is 10.1 Å². The number of nitrogens with one attached hydrogen (secondary N) is 1. The molecule has 23 heavy (non-hydrogen) atoms. The molecular formula is C19H22ClNO2. The van der Waals surface area contributed by atoms with E-state index in [0.29, 0.717) is 10.8 Å². The van der Waals surface area contributed by atoms with E-state index in [2.05, 4.69) is 37.4 Å². The number of benzene rings is 2. The molecule has 3 nitrogen and oxygen atoms in total. The largest absolute Gasteiger partial charge is 0.481 e. The quantitative estimate of drug-likeness (QED) is 0.869. The van der Waals surface area contributed by atoms with Crippen LogP contribution in [0.2, 0.25) is 5.02 Å². The average Bonchev–Trinajstić information content (AvgIpc) is 2.46. The van der Waals surface area contributed by atoms with Gasteiger partial charge in [-0.15, -0.1) is 0 Å². The third-order valence-electron chi connectivity index (χ3n) is 3.73. The Bertz CT molecular complexity index is 700. The highest BCUT2D eigenvalue weighted by Gasteiger charge is 2.18. The molecule has 2 atom stereocenters. The molecule has 1 amide bonds. The number of carbonyl (C=O) groups is 1. The second kappa shape index (κ2) is 7.51. The van der Waals surface area contributed by atoms with Crippen molar-refractivity contribution in [2.24, 2.45) is 0 Å². The molecule has 0 saturated carbocycles. The fraction of sp³-hybridized carbons (Fsp3) is 0.316. The Morgan fingerprint density at radius 1 is 1.13 bits per heavy atom. The first kappa shape index (κ1) is 17.4. The van der Waals surface area contributed by atoms with Crippen LogP contribution in [0.5, 0.6) is 5.75 Å². The maximum atomic E-state index is 12.3. The third-order valence-corrected chi connectivity index (χ3v) is 3.96. The van der Waals surface area contributed by atoms with Gasteiger partial charge in [0, 0.05) is 5.02 Å². The summed E-state index contributed by atoms with van der Waals surface area (Å²) in [7, 11) is 0. The van der Waals surface area contributed by atoms with Crippen molar-refractivity contribution in [2.75, 3.05) is 0 Å². The van der Waals surface area contributed by atoms with Gasteiger partial charge in [0.05, 0.1) is 6.04 Å². The van der Waals surface area contributed by atoms with Crippen LogP contribution in [0.3, 0.4) is 0 Å². The molecule has 0 bridgehead atoms. The van der Waals surface area contributed by atoms with Crippen molar-refractivity contribution in [1.82, 2.24) is 5.32 Å². The third kappa shape index (κ3) is 4.73. The number of carbonyl (C=O) groups excluding carboxylic acids is 1. The predicted molar refractivity (Wildman–Crippen MR) is 94.0 cm³/mol. The molecule has 0 aromatic heterocycles. The van der Waals surface area contributed by atoms with E-state index < -0.39 is 6.10 Å². The molecule has 0 radical (unpaired) electrons. The number of hydrogen-bond acceptors (Lipinski definition) is 2. The molecule has 0 heterocycles. The minimum absolute atomic E-state index is 0.0755. The molecule has 0 spiro atoms. The highest BCUT2D eigenvalue weighted by Crippen LogP contribution is 2.20. The molecule has 0 saturated heterocycles. The number of halogens is 1. The Kier molecular flexibility index (Phi) is 5.67. The van der Waals surface area contributed by atoms with Crippen LogP contribution < -0.4 is 10.1 Å². The molecule has 0 aliphatic carbocycles. The van der Waals surface area contributed by atoms with Gasteiger partial charge in [-0.3, -0.25) is 4.79 Å². The summed E-state index contributed by atoms with van der Waals surface area (Å²) in [5.41, 5.74) is 3.49. The van der Waals surface area contributed by atoms with Gasteiger partial charge in [0.15, 0.2) is 6.10 Å². The van der Waals surface area contributed by atoms with E-state index in [1.165, 1.54) is 11.1 Å². The van der Waals surface area contributed by atoms with Crippen molar-refractivity contribution in [3.63, 3.8) is 0 Å². The van der Waals surface area contributed by atoms with E-state index in [-0.39, 0.29) is 11.9 Å². The summed E-state index contributed by atoms with van der Waals surface area (Å²) >= 11 is 5.92. The van der Waals surface area contributed by atoms with Crippen molar-refractivity contribution in [2.45, 2.75) is 39.8 Å². The number of aryl methyl sites for hydroxylation is 2. The Labute approximate surface area is 142 Å². The van der Waals surface area contributed by atoms with Gasteiger partial charge >= 0.3 is 0 Å². The maximum absolute atomic E-state index is 12.3. The second-order valence-electron chi connectivity index (χ2n) is 5.81. The van der Waals surface area contributed by atoms with Crippen molar-refractivity contribution >= 4 is 17.5 Å². The van der Waals surface area contributed by atoms with Crippen molar-refractivity contribution in [1.29, 1.82) is 0 Å². The maximum Gasteiger partial charge on any atom is 0.261 e. The van der Waals surface area contributed by atoms with Crippen LogP contribution >= 0.6 is 11.6 Å². The predicted octanol–water partition coefficient (Wildman–Crippen LogP) is 4.60. The van der Waals surface area contributed by atoms with E-state index in [4.69, 9.17) is 16.3 Å². The zero-order chi connectivity index (χ0) is 17.0. The van der Waals surface area contributed by atoms with Crippen LogP contribution in [-0.4, -0.2) is 12.0 Å². The van der Waals surface area contributed by atoms with Gasteiger partial charge in [0.25, 0.3) is 5.91 Å². The van der Waals surface area contributed by atoms with Crippen LogP contribution in [0.1, 0.15) is 36.6 Å². The van der Waals surface area contributed by atoms with Gasteiger partial charge in [-0.1, -0.05) is 41.4 Å². The number of amides is 1. The number of ether oxygens (including phenoxy) is 1. The van der Waals surface area contributed by atoms with Crippen LogP contribution in [0.25, 0.3) is 0 Å². The van der Waals surface area contributed by atoms with Crippen molar-refractivity contribution in [3.8, 4) is 5.75 Å². The Balaban J connectivity index is 2.00. The summed E-state index contributed by atoms with van der Waals surface area (Å²) in [4.78, 5) is 12.3. The van der Waals surface area contributed by atoms with Gasteiger partial charge in [-0.05, 0) is 57.0 Å². The zero-order valence-electron chi connectivity index (χ0n) is 13.9. The Hall–Kier alpha value is -2.00. The van der Waals surface area contributed by atoms with Crippen LogP contribution in [0.15, 0.2) is 42.5 Å². The first-order chi connectivity index (χ1) is 10.9. The van der Waals surface area contributed by atoms with Gasteiger partial charge in [0.2, 0.25) is 0 Å². The normalized spacial score (nSPS) is 13.3. The highest BCUT2D eigenvalue weighted by atomic mass is 35.5. The molecule has 2 aromatic carbocycles. The Morgan fingerprint density at radius 2 is 1.87 bits per heavy atom. The first-order valence-corrected chi connectivity index (χ1v) is 8.04. The summed E-state index contributed by atoms with van der Waals surface area (Å²) in [6.45, 7) is 7.81. The van der Waals surface area contributed by atoms with Crippen molar-refractivity contribution in [3.05, 3.63) is 64.2 Å². The van der Waals surface area contributed by atoms with Gasteiger partial charge in [-0.25, -0.2) is 0 Å². The van der Waals surface area contributed by atoms with E-state index in [1.54, 1.807) is 31.2 Å². The monoisotopic (exact) mass is 331 g/mol. The topological polar surface area (TPSA) is 38.3 Å². The lowest BCUT2D eigenvalue weighted by Crippen LogP contribution is -2.38. The smallest absolute Gasteiger partial charge is 0.261 e. The molecule has 0 fully saturated rings. The SMILES string of the molecule is Cc1ccc([C@@H](C)NC(=O)[C@@H](C)Oc2cccc(Cl)c2)c(C)c1. The number of hydrogen-bond donors (Lipinski definition) is 1. The summed E-state index contributed by atoms with van der Waals surface area (Å²) in [5, 5.41) is 3.58. The molecule has 122 valence electrons. The van der Waals surface area contributed by atoms with Crippen molar-refractivity contribution < 1.29 is 9.53 Å². The molecule has 0 aliphatic heterocycles. The fourth-order valence-corrected chi connectivity index (χ4v) is 2.70. The molecule has 0 unspecified atom stereocenters. The van der Waals surface area contributed by atoms with Crippen LogP contribution in [0.4, 0.5) is 0 Å². The lowest BCUT2D eigenvalue weighted by molar-refractivity contribution is -0.127. The van der Waals surface area contributed by atoms with Gasteiger partial charge in [-0.2, -0.15) is 0 Å². The summed E-state index contributed by atoms with van der Waals surface area (Å²) in [6, 6.07) is 13.2. The molecule has 2 rings (SSSR count). The average molecular weight is 332 g/mol. The fourth-order valence-electron chi connectivity index (χ4n) is 2.52. The molecule has 1 N–H and O–H groups in total. The summed E-state index contributed by atoms with van der Waals surface area (Å²) in [5.74, 6) is 0.428. The lowest BCUT2D eigenvalue weighted by Gasteiger charge is -2.20. The molecular weight excluding hydrogens is 310 g/mol. The van der Waals surface area contributed by atoms with E-state index in [0.717, 1.165) is 5.56 Å². The highest BCUT2D eigenvalue weighted by molar-refractivity contribution is 6.30. The van der Waals surface area contributed by atoms with E-state index >= 15 is 0 Å². The second-order valence-corrected chi connectivity index (χ2v) is 6.24. The summed E-state index contributed by atoms with van der Waals surface area (Å²) < 4.78 is 5.65. The lowest BCUT2D eigenvalue weighted by atomic mass is 10.0. The summed E-state index contributed by atoms with van der Waals surface area (Å²) in [6.07, 6.45) is -0.596.